The monoisotopic (exact) mass is 326 g/mol. The number of phenols is 2. The van der Waals surface area contributed by atoms with Gasteiger partial charge >= 0.3 is 0 Å². The number of nitrogens with one attached hydrogen (secondary N) is 1. The molecule has 5 nitrogen and oxygen atoms in total. The van der Waals surface area contributed by atoms with Gasteiger partial charge in [0.1, 0.15) is 11.5 Å². The normalized spacial score (nSPS) is 11.2. The Kier molecular flexibility index (Phi) is 3.99. The zero-order chi connectivity index (χ0) is 16.4. The molecule has 1 amide bonds. The highest BCUT2D eigenvalue weighted by atomic mass is 32.1. The number of phenolic OH excluding ortho intramolecular Hbond substituents is 2. The van der Waals surface area contributed by atoms with Crippen LogP contribution in [0.1, 0.15) is 11.1 Å². The molecular formula is C17H14N2O3S. The van der Waals surface area contributed by atoms with Crippen molar-refractivity contribution in [1.29, 1.82) is 0 Å². The molecule has 0 aliphatic carbocycles. The van der Waals surface area contributed by atoms with Crippen molar-refractivity contribution >= 4 is 38.7 Å². The molecule has 0 radical (unpaired) electrons. The van der Waals surface area contributed by atoms with Gasteiger partial charge in [0, 0.05) is 12.1 Å². The molecule has 3 aromatic rings. The second-order valence-electron chi connectivity index (χ2n) is 5.10. The number of amides is 1. The van der Waals surface area contributed by atoms with Gasteiger partial charge in [0.15, 0.2) is 5.13 Å². The summed E-state index contributed by atoms with van der Waals surface area (Å²) in [5, 5.41) is 22.0. The fourth-order valence-electron chi connectivity index (χ4n) is 2.12. The summed E-state index contributed by atoms with van der Waals surface area (Å²) in [6.45, 7) is 2.00. The molecule has 1 aromatic heterocycles. The molecule has 23 heavy (non-hydrogen) atoms. The molecule has 1 heterocycles. The first-order valence-corrected chi connectivity index (χ1v) is 7.70. The van der Waals surface area contributed by atoms with Crippen molar-refractivity contribution in [3.8, 4) is 11.5 Å². The first-order chi connectivity index (χ1) is 11.0. The Morgan fingerprint density at radius 2 is 1.91 bits per heavy atom. The van der Waals surface area contributed by atoms with Gasteiger partial charge in [-0.3, -0.25) is 10.1 Å². The summed E-state index contributed by atoms with van der Waals surface area (Å²) in [6, 6.07) is 10.0. The van der Waals surface area contributed by atoms with Crippen LogP contribution in [0.4, 0.5) is 5.13 Å². The van der Waals surface area contributed by atoms with E-state index < -0.39 is 0 Å². The number of aryl methyl sites for hydroxylation is 1. The number of hydrogen-bond acceptors (Lipinski definition) is 5. The number of carbonyl (C=O) groups is 1. The van der Waals surface area contributed by atoms with E-state index >= 15 is 0 Å². The van der Waals surface area contributed by atoms with Crippen LogP contribution in [-0.2, 0) is 4.79 Å². The van der Waals surface area contributed by atoms with Crippen LogP contribution in [-0.4, -0.2) is 21.1 Å². The van der Waals surface area contributed by atoms with Gasteiger partial charge in [-0.1, -0.05) is 17.4 Å². The minimum absolute atomic E-state index is 0.0633. The van der Waals surface area contributed by atoms with Crippen molar-refractivity contribution in [2.45, 2.75) is 6.92 Å². The number of benzene rings is 2. The van der Waals surface area contributed by atoms with Crippen LogP contribution in [0.2, 0.25) is 0 Å². The van der Waals surface area contributed by atoms with Gasteiger partial charge < -0.3 is 10.2 Å². The second-order valence-corrected chi connectivity index (χ2v) is 6.13. The van der Waals surface area contributed by atoms with E-state index in [2.05, 4.69) is 10.3 Å². The van der Waals surface area contributed by atoms with Crippen LogP contribution in [0.25, 0.3) is 16.3 Å². The van der Waals surface area contributed by atoms with E-state index in [9.17, 15) is 15.0 Å². The quantitative estimate of drug-likeness (QED) is 0.641. The van der Waals surface area contributed by atoms with Crippen molar-refractivity contribution in [1.82, 2.24) is 4.98 Å². The standard InChI is InChI=1S/C17H14N2O3S/c1-10-2-4-14-15(6-10)23-17(18-14)19-16(22)5-3-11-7-12(20)9-13(21)8-11/h2-9,20-21H,1H3,(H,18,19,22)/b5-3+. The van der Waals surface area contributed by atoms with Crippen molar-refractivity contribution < 1.29 is 15.0 Å². The van der Waals surface area contributed by atoms with E-state index in [0.29, 0.717) is 10.7 Å². The molecule has 116 valence electrons. The third-order valence-corrected chi connectivity index (χ3v) is 4.06. The molecule has 6 heteroatoms. The zero-order valence-corrected chi connectivity index (χ0v) is 13.1. The van der Waals surface area contributed by atoms with Gasteiger partial charge in [-0.25, -0.2) is 4.98 Å². The summed E-state index contributed by atoms with van der Waals surface area (Å²) in [7, 11) is 0. The number of aromatic hydroxyl groups is 2. The maximum absolute atomic E-state index is 11.9. The fourth-order valence-corrected chi connectivity index (χ4v) is 3.09. The molecule has 0 saturated carbocycles. The SMILES string of the molecule is Cc1ccc2nc(NC(=O)/C=C/c3cc(O)cc(O)c3)sc2c1. The van der Waals surface area contributed by atoms with Crippen LogP contribution >= 0.6 is 11.3 Å². The van der Waals surface area contributed by atoms with Crippen LogP contribution in [0.5, 0.6) is 11.5 Å². The minimum Gasteiger partial charge on any atom is -0.508 e. The van der Waals surface area contributed by atoms with Gasteiger partial charge in [0.2, 0.25) is 5.91 Å². The molecule has 0 unspecified atom stereocenters. The fraction of sp³-hybridized carbons (Fsp3) is 0.0588. The molecule has 0 aliphatic heterocycles. The summed E-state index contributed by atoms with van der Waals surface area (Å²) < 4.78 is 1.02. The highest BCUT2D eigenvalue weighted by molar-refractivity contribution is 7.22. The molecule has 0 fully saturated rings. The number of carbonyl (C=O) groups excluding carboxylic acids is 1. The first kappa shape index (κ1) is 15.1. The number of rotatable bonds is 3. The smallest absolute Gasteiger partial charge is 0.250 e. The predicted molar refractivity (Wildman–Crippen MR) is 91.8 cm³/mol. The lowest BCUT2D eigenvalue weighted by Crippen LogP contribution is -2.07. The maximum Gasteiger partial charge on any atom is 0.250 e. The van der Waals surface area contributed by atoms with E-state index in [4.69, 9.17) is 0 Å². The zero-order valence-electron chi connectivity index (χ0n) is 12.3. The lowest BCUT2D eigenvalue weighted by molar-refractivity contribution is -0.111. The predicted octanol–water partition coefficient (Wildman–Crippen LogP) is 3.67. The Labute approximate surface area is 136 Å². The molecule has 3 N–H and O–H groups in total. The number of hydrogen-bond donors (Lipinski definition) is 3. The molecule has 2 aromatic carbocycles. The Hall–Kier alpha value is -2.86. The van der Waals surface area contributed by atoms with Crippen molar-refractivity contribution in [3.63, 3.8) is 0 Å². The Morgan fingerprint density at radius 1 is 1.17 bits per heavy atom. The van der Waals surface area contributed by atoms with E-state index in [0.717, 1.165) is 15.8 Å². The molecule has 0 atom stereocenters. The Balaban J connectivity index is 1.73. The summed E-state index contributed by atoms with van der Waals surface area (Å²) in [6.07, 6.45) is 2.83. The molecule has 0 bridgehead atoms. The van der Waals surface area contributed by atoms with Crippen LogP contribution in [0.15, 0.2) is 42.5 Å². The Bertz CT molecular complexity index is 895. The minimum atomic E-state index is -0.330. The van der Waals surface area contributed by atoms with Gasteiger partial charge in [-0.2, -0.15) is 0 Å². The molecule has 3 rings (SSSR count). The number of nitrogens with zero attached hydrogens (tertiary/aromatic N) is 1. The highest BCUT2D eigenvalue weighted by Gasteiger charge is 2.06. The molecule has 0 saturated heterocycles. The molecule has 0 spiro atoms. The molecule has 0 aliphatic rings. The number of thiazole rings is 1. The van der Waals surface area contributed by atoms with E-state index in [1.165, 1.54) is 41.7 Å². The molecular weight excluding hydrogens is 312 g/mol. The number of fused-ring (bicyclic) bond motifs is 1. The van der Waals surface area contributed by atoms with Gasteiger partial charge in [0.25, 0.3) is 0 Å². The van der Waals surface area contributed by atoms with E-state index in [-0.39, 0.29) is 17.4 Å². The summed E-state index contributed by atoms with van der Waals surface area (Å²) >= 11 is 1.41. The van der Waals surface area contributed by atoms with E-state index in [1.807, 2.05) is 25.1 Å². The lowest BCUT2D eigenvalue weighted by atomic mass is 10.2. The van der Waals surface area contributed by atoms with Crippen LogP contribution in [0, 0.1) is 6.92 Å². The first-order valence-electron chi connectivity index (χ1n) is 6.89. The van der Waals surface area contributed by atoms with E-state index in [1.54, 1.807) is 0 Å². The van der Waals surface area contributed by atoms with Crippen LogP contribution in [0.3, 0.4) is 0 Å². The lowest BCUT2D eigenvalue weighted by Gasteiger charge is -1.98. The maximum atomic E-state index is 11.9. The number of anilines is 1. The third-order valence-electron chi connectivity index (χ3n) is 3.13. The second kappa shape index (κ2) is 6.10. The number of aromatic nitrogens is 1. The average Bonchev–Trinajstić information content (AvgIpc) is 2.85. The van der Waals surface area contributed by atoms with Crippen molar-refractivity contribution in [3.05, 3.63) is 53.6 Å². The van der Waals surface area contributed by atoms with Crippen molar-refractivity contribution in [2.24, 2.45) is 0 Å². The third kappa shape index (κ3) is 3.67. The summed E-state index contributed by atoms with van der Waals surface area (Å²) in [5.74, 6) is -0.457. The summed E-state index contributed by atoms with van der Waals surface area (Å²) in [4.78, 5) is 16.3. The topological polar surface area (TPSA) is 82.5 Å². The van der Waals surface area contributed by atoms with Crippen LogP contribution < -0.4 is 5.32 Å². The van der Waals surface area contributed by atoms with Gasteiger partial charge in [0.05, 0.1) is 10.2 Å². The Morgan fingerprint density at radius 3 is 2.65 bits per heavy atom. The highest BCUT2D eigenvalue weighted by Crippen LogP contribution is 2.26. The summed E-state index contributed by atoms with van der Waals surface area (Å²) in [5.41, 5.74) is 2.51. The van der Waals surface area contributed by atoms with Gasteiger partial charge in [-0.15, -0.1) is 0 Å². The van der Waals surface area contributed by atoms with Crippen molar-refractivity contribution in [2.75, 3.05) is 5.32 Å². The average molecular weight is 326 g/mol. The largest absolute Gasteiger partial charge is 0.508 e. The van der Waals surface area contributed by atoms with Gasteiger partial charge in [-0.05, 0) is 48.4 Å².